The number of thiazole rings is 1. The Bertz CT molecular complexity index is 482. The van der Waals surface area contributed by atoms with Crippen LogP contribution in [-0.2, 0) is 24.1 Å². The van der Waals surface area contributed by atoms with E-state index in [0.717, 1.165) is 38.8 Å². The number of fused-ring (bicyclic) bond motifs is 1. The maximum atomic E-state index is 12.2. The van der Waals surface area contributed by atoms with Crippen molar-refractivity contribution in [2.45, 2.75) is 57.9 Å². The molecule has 0 saturated carbocycles. The third-order valence-corrected chi connectivity index (χ3v) is 5.74. The molecule has 2 N–H and O–H groups in total. The summed E-state index contributed by atoms with van der Waals surface area (Å²) in [6.45, 7) is 3.83. The summed E-state index contributed by atoms with van der Waals surface area (Å²) in [4.78, 5) is 18.4. The summed E-state index contributed by atoms with van der Waals surface area (Å²) in [6.07, 6.45) is 7.72. The predicted octanol–water partition coefficient (Wildman–Crippen LogP) is 2.49. The van der Waals surface area contributed by atoms with Crippen LogP contribution in [0.3, 0.4) is 0 Å². The average Bonchev–Trinajstić information content (AvgIpc) is 2.89. The fourth-order valence-corrected chi connectivity index (χ4v) is 4.48. The summed E-state index contributed by atoms with van der Waals surface area (Å²) in [5.74, 6) is 0.412. The van der Waals surface area contributed by atoms with Gasteiger partial charge < -0.3 is 10.6 Å². The van der Waals surface area contributed by atoms with Gasteiger partial charge in [0.1, 0.15) is 0 Å². The number of aromatic nitrogens is 1. The molecule has 2 aliphatic rings. The second-order valence-corrected chi connectivity index (χ2v) is 7.47. The molecule has 0 radical (unpaired) electrons. The number of amides is 1. The van der Waals surface area contributed by atoms with Crippen LogP contribution in [0.15, 0.2) is 0 Å². The number of carbonyl (C=O) groups is 1. The Balaban J connectivity index is 0.00000176. The van der Waals surface area contributed by atoms with Gasteiger partial charge in [-0.2, -0.15) is 0 Å². The number of carbonyl (C=O) groups excluding carboxylic acids is 1. The Kier molecular flexibility index (Phi) is 6.66. The number of hydrogen-bond donors (Lipinski definition) is 2. The lowest BCUT2D eigenvalue weighted by molar-refractivity contribution is -0.126. The van der Waals surface area contributed by atoms with Crippen LogP contribution in [0, 0.1) is 5.92 Å². The second-order valence-electron chi connectivity index (χ2n) is 6.30. The van der Waals surface area contributed by atoms with E-state index in [1.807, 2.05) is 11.3 Å². The summed E-state index contributed by atoms with van der Waals surface area (Å²) in [5, 5.41) is 7.69. The highest BCUT2D eigenvalue weighted by Gasteiger charge is 2.24. The van der Waals surface area contributed by atoms with Crippen LogP contribution >= 0.6 is 23.7 Å². The zero-order valence-electron chi connectivity index (χ0n) is 13.2. The van der Waals surface area contributed by atoms with Gasteiger partial charge in [-0.25, -0.2) is 4.98 Å². The van der Waals surface area contributed by atoms with Crippen LogP contribution in [0.1, 0.15) is 48.2 Å². The number of rotatable bonds is 4. The number of hydrogen-bond acceptors (Lipinski definition) is 4. The molecule has 1 aliphatic heterocycles. The normalized spacial score (nSPS) is 24.2. The Morgan fingerprint density at radius 3 is 3.00 bits per heavy atom. The smallest absolute Gasteiger partial charge is 0.223 e. The van der Waals surface area contributed by atoms with Crippen LogP contribution in [0.4, 0.5) is 0 Å². The van der Waals surface area contributed by atoms with E-state index in [1.165, 1.54) is 34.8 Å². The number of aryl methyl sites for hydroxylation is 2. The molecule has 0 spiro atoms. The first-order chi connectivity index (χ1) is 10.2. The van der Waals surface area contributed by atoms with Gasteiger partial charge in [0.2, 0.25) is 5.91 Å². The maximum Gasteiger partial charge on any atom is 0.223 e. The highest BCUT2D eigenvalue weighted by Crippen LogP contribution is 2.26. The van der Waals surface area contributed by atoms with Crippen molar-refractivity contribution >= 4 is 29.7 Å². The van der Waals surface area contributed by atoms with Crippen molar-refractivity contribution in [3.8, 4) is 0 Å². The Morgan fingerprint density at radius 1 is 1.41 bits per heavy atom. The van der Waals surface area contributed by atoms with Crippen LogP contribution in [-0.4, -0.2) is 30.0 Å². The van der Waals surface area contributed by atoms with E-state index >= 15 is 0 Å². The van der Waals surface area contributed by atoms with Crippen molar-refractivity contribution in [3.63, 3.8) is 0 Å². The Morgan fingerprint density at radius 2 is 2.23 bits per heavy atom. The summed E-state index contributed by atoms with van der Waals surface area (Å²) >= 11 is 1.85. The van der Waals surface area contributed by atoms with Gasteiger partial charge in [0.05, 0.1) is 10.7 Å². The molecular weight excluding hydrogens is 318 g/mol. The minimum atomic E-state index is 0. The summed E-state index contributed by atoms with van der Waals surface area (Å²) in [7, 11) is 0. The van der Waals surface area contributed by atoms with E-state index in [9.17, 15) is 4.79 Å². The third-order valence-electron chi connectivity index (χ3n) is 4.52. The van der Waals surface area contributed by atoms with Crippen molar-refractivity contribution < 1.29 is 4.79 Å². The minimum Gasteiger partial charge on any atom is -0.355 e. The van der Waals surface area contributed by atoms with E-state index in [-0.39, 0.29) is 24.2 Å². The maximum absolute atomic E-state index is 12.2. The van der Waals surface area contributed by atoms with Crippen LogP contribution in [0.5, 0.6) is 0 Å². The molecule has 6 heteroatoms. The zero-order valence-corrected chi connectivity index (χ0v) is 14.8. The molecule has 1 aromatic heterocycles. The van der Waals surface area contributed by atoms with Gasteiger partial charge in [-0.05, 0) is 52.0 Å². The standard InChI is InChI=1S/C16H25N3OS.ClH/c1-11-10-12(6-8-17-11)16(20)18-9-7-15-19-13-4-2-3-5-14(13)21-15;/h11-12,17H,2-10H2,1H3,(H,18,20);1H/t11-,12-;/m0./s1. The lowest BCUT2D eigenvalue weighted by Crippen LogP contribution is -2.42. The van der Waals surface area contributed by atoms with Crippen molar-refractivity contribution in [3.05, 3.63) is 15.6 Å². The van der Waals surface area contributed by atoms with Gasteiger partial charge in [-0.15, -0.1) is 23.7 Å². The minimum absolute atomic E-state index is 0. The number of nitrogens with zero attached hydrogens (tertiary/aromatic N) is 1. The second kappa shape index (κ2) is 8.27. The third kappa shape index (κ3) is 4.43. The largest absolute Gasteiger partial charge is 0.355 e. The molecule has 1 aliphatic carbocycles. The average molecular weight is 344 g/mol. The molecule has 3 rings (SSSR count). The molecular formula is C16H26ClN3OS. The number of piperidine rings is 1. The predicted molar refractivity (Wildman–Crippen MR) is 92.9 cm³/mol. The molecule has 0 bridgehead atoms. The molecule has 1 aromatic rings. The van der Waals surface area contributed by atoms with Crippen LogP contribution < -0.4 is 10.6 Å². The molecule has 0 unspecified atom stereocenters. The lowest BCUT2D eigenvalue weighted by Gasteiger charge is -2.27. The molecule has 1 amide bonds. The fourth-order valence-electron chi connectivity index (χ4n) is 3.32. The molecule has 124 valence electrons. The van der Waals surface area contributed by atoms with Gasteiger partial charge >= 0.3 is 0 Å². The molecule has 1 saturated heterocycles. The molecule has 2 atom stereocenters. The zero-order chi connectivity index (χ0) is 14.7. The monoisotopic (exact) mass is 343 g/mol. The quantitative estimate of drug-likeness (QED) is 0.883. The molecule has 0 aromatic carbocycles. The van der Waals surface area contributed by atoms with E-state index < -0.39 is 0 Å². The van der Waals surface area contributed by atoms with Gasteiger partial charge in [0, 0.05) is 29.8 Å². The number of halogens is 1. The fraction of sp³-hybridized carbons (Fsp3) is 0.750. The first-order valence-corrected chi connectivity index (χ1v) is 9.02. The highest BCUT2D eigenvalue weighted by molar-refractivity contribution is 7.11. The van der Waals surface area contributed by atoms with E-state index in [4.69, 9.17) is 4.98 Å². The van der Waals surface area contributed by atoms with Gasteiger partial charge in [0.15, 0.2) is 0 Å². The van der Waals surface area contributed by atoms with Gasteiger partial charge in [0.25, 0.3) is 0 Å². The van der Waals surface area contributed by atoms with E-state index in [0.29, 0.717) is 6.04 Å². The van der Waals surface area contributed by atoms with Crippen LogP contribution in [0.2, 0.25) is 0 Å². The van der Waals surface area contributed by atoms with Gasteiger partial charge in [-0.3, -0.25) is 4.79 Å². The topological polar surface area (TPSA) is 54.0 Å². The Hall–Kier alpha value is -0.650. The first kappa shape index (κ1) is 17.7. The van der Waals surface area contributed by atoms with Crippen molar-refractivity contribution in [2.75, 3.05) is 13.1 Å². The summed E-state index contributed by atoms with van der Waals surface area (Å²) < 4.78 is 0. The molecule has 4 nitrogen and oxygen atoms in total. The molecule has 2 heterocycles. The summed E-state index contributed by atoms with van der Waals surface area (Å²) in [6, 6.07) is 0.459. The highest BCUT2D eigenvalue weighted by atomic mass is 35.5. The number of nitrogens with one attached hydrogen (secondary N) is 2. The van der Waals surface area contributed by atoms with Gasteiger partial charge in [-0.1, -0.05) is 0 Å². The lowest BCUT2D eigenvalue weighted by atomic mass is 9.92. The van der Waals surface area contributed by atoms with Crippen molar-refractivity contribution in [1.29, 1.82) is 0 Å². The first-order valence-electron chi connectivity index (χ1n) is 8.21. The van der Waals surface area contributed by atoms with E-state index in [2.05, 4.69) is 17.6 Å². The van der Waals surface area contributed by atoms with Crippen molar-refractivity contribution in [1.82, 2.24) is 15.6 Å². The van der Waals surface area contributed by atoms with Crippen molar-refractivity contribution in [2.24, 2.45) is 5.92 Å². The van der Waals surface area contributed by atoms with E-state index in [1.54, 1.807) is 0 Å². The molecule has 1 fully saturated rings. The van der Waals surface area contributed by atoms with Crippen LogP contribution in [0.25, 0.3) is 0 Å². The Labute approximate surface area is 142 Å². The molecule has 22 heavy (non-hydrogen) atoms. The SMILES string of the molecule is C[C@H]1C[C@@H](C(=O)NCCc2nc3c(s2)CCCC3)CCN1.Cl. The summed E-state index contributed by atoms with van der Waals surface area (Å²) in [5.41, 5.74) is 1.32.